The molecular formula is C24H30N8. The molecule has 0 amide bonds. The number of tetrazole rings is 1. The average molecular weight is 431 g/mol. The number of H-pyrrole nitrogens is 1. The quantitative estimate of drug-likeness (QED) is 0.348. The zero-order valence-corrected chi connectivity index (χ0v) is 18.8. The molecule has 0 saturated carbocycles. The highest BCUT2D eigenvalue weighted by Gasteiger charge is 2.13. The second-order valence-electron chi connectivity index (χ2n) is 8.00. The van der Waals surface area contributed by atoms with Crippen molar-refractivity contribution >= 4 is 0 Å². The van der Waals surface area contributed by atoms with Crippen LogP contribution in [0, 0.1) is 0 Å². The number of pyridine rings is 1. The number of aromatic nitrogens is 8. The number of benzene rings is 1. The molecule has 8 nitrogen and oxygen atoms in total. The number of aromatic amines is 1. The highest BCUT2D eigenvalue weighted by Crippen LogP contribution is 2.28. The van der Waals surface area contributed by atoms with Crippen molar-refractivity contribution < 1.29 is 0 Å². The van der Waals surface area contributed by atoms with E-state index in [1.54, 1.807) is 6.20 Å². The van der Waals surface area contributed by atoms with Crippen molar-refractivity contribution in [2.45, 2.75) is 65.3 Å². The van der Waals surface area contributed by atoms with Crippen molar-refractivity contribution in [3.05, 3.63) is 59.8 Å². The van der Waals surface area contributed by atoms with Crippen LogP contribution in [0.15, 0.2) is 42.6 Å². The van der Waals surface area contributed by atoms with Gasteiger partial charge in [0.1, 0.15) is 11.5 Å². The summed E-state index contributed by atoms with van der Waals surface area (Å²) in [7, 11) is 0. The Morgan fingerprint density at radius 2 is 1.81 bits per heavy atom. The van der Waals surface area contributed by atoms with Crippen LogP contribution in [0.3, 0.4) is 0 Å². The van der Waals surface area contributed by atoms with Gasteiger partial charge in [0, 0.05) is 31.1 Å². The minimum Gasteiger partial charge on any atom is -0.252 e. The fourth-order valence-electron chi connectivity index (χ4n) is 3.76. The predicted molar refractivity (Wildman–Crippen MR) is 124 cm³/mol. The molecule has 0 radical (unpaired) electrons. The maximum absolute atomic E-state index is 4.87. The van der Waals surface area contributed by atoms with E-state index in [-0.39, 0.29) is 0 Å². The molecular weight excluding hydrogens is 400 g/mol. The number of aryl methyl sites for hydroxylation is 2. The summed E-state index contributed by atoms with van der Waals surface area (Å²) < 4.78 is 2.12. The minimum atomic E-state index is 0.560. The Morgan fingerprint density at radius 3 is 2.56 bits per heavy atom. The van der Waals surface area contributed by atoms with E-state index in [1.807, 2.05) is 12.1 Å². The molecule has 0 unspecified atom stereocenters. The molecule has 0 saturated heterocycles. The highest BCUT2D eigenvalue weighted by molar-refractivity contribution is 5.77. The first-order chi connectivity index (χ1) is 15.8. The maximum atomic E-state index is 4.87. The van der Waals surface area contributed by atoms with Crippen molar-refractivity contribution in [3.8, 4) is 22.6 Å². The lowest BCUT2D eigenvalue weighted by Gasteiger charge is -2.08. The molecule has 3 heterocycles. The van der Waals surface area contributed by atoms with Gasteiger partial charge < -0.3 is 0 Å². The van der Waals surface area contributed by atoms with E-state index >= 15 is 0 Å². The van der Waals surface area contributed by atoms with E-state index in [4.69, 9.17) is 10.1 Å². The molecule has 4 rings (SSSR count). The van der Waals surface area contributed by atoms with E-state index in [9.17, 15) is 0 Å². The molecule has 0 aliphatic carbocycles. The van der Waals surface area contributed by atoms with Crippen molar-refractivity contribution in [1.29, 1.82) is 0 Å². The van der Waals surface area contributed by atoms with Gasteiger partial charge in [0.15, 0.2) is 11.6 Å². The van der Waals surface area contributed by atoms with Gasteiger partial charge in [-0.3, -0.25) is 4.98 Å². The number of hydrogen-bond donors (Lipinski definition) is 1. The molecule has 0 fully saturated rings. The van der Waals surface area contributed by atoms with Gasteiger partial charge in [-0.1, -0.05) is 63.4 Å². The molecule has 0 bridgehead atoms. The monoisotopic (exact) mass is 430 g/mol. The van der Waals surface area contributed by atoms with E-state index in [1.165, 1.54) is 18.4 Å². The standard InChI is InChI=1S/C24H30N8/c1-3-5-7-16-32-22(26-21(29-32)10-6-4-2)17-18-11-13-19(14-12-18)20-9-8-15-25-23(20)24-27-30-31-28-24/h8-9,11-15H,3-7,10,16-17H2,1-2H3,(H,27,28,30,31). The van der Waals surface area contributed by atoms with Crippen LogP contribution in [0.25, 0.3) is 22.6 Å². The Balaban J connectivity index is 1.54. The lowest BCUT2D eigenvalue weighted by atomic mass is 10.0. The van der Waals surface area contributed by atoms with Gasteiger partial charge in [0.25, 0.3) is 0 Å². The van der Waals surface area contributed by atoms with Crippen LogP contribution < -0.4 is 0 Å². The lowest BCUT2D eigenvalue weighted by Crippen LogP contribution is -2.07. The fraction of sp³-hybridized carbons (Fsp3) is 0.417. The van der Waals surface area contributed by atoms with Crippen molar-refractivity contribution in [2.75, 3.05) is 0 Å². The number of unbranched alkanes of at least 4 members (excludes halogenated alkanes) is 3. The van der Waals surface area contributed by atoms with E-state index < -0.39 is 0 Å². The van der Waals surface area contributed by atoms with Crippen LogP contribution in [0.5, 0.6) is 0 Å². The Labute approximate surface area is 188 Å². The number of rotatable bonds is 11. The molecule has 0 aliphatic rings. The molecule has 0 aliphatic heterocycles. The normalized spacial score (nSPS) is 11.2. The summed E-state index contributed by atoms with van der Waals surface area (Å²) in [5.41, 5.74) is 4.01. The maximum Gasteiger partial charge on any atom is 0.198 e. The van der Waals surface area contributed by atoms with E-state index in [0.29, 0.717) is 5.82 Å². The van der Waals surface area contributed by atoms with Crippen LogP contribution in [0.2, 0.25) is 0 Å². The minimum absolute atomic E-state index is 0.560. The van der Waals surface area contributed by atoms with Gasteiger partial charge in [-0.15, -0.1) is 5.10 Å². The van der Waals surface area contributed by atoms with Crippen LogP contribution >= 0.6 is 0 Å². The summed E-state index contributed by atoms with van der Waals surface area (Å²) in [5, 5.41) is 19.0. The third-order valence-electron chi connectivity index (χ3n) is 5.52. The first-order valence-electron chi connectivity index (χ1n) is 11.5. The summed E-state index contributed by atoms with van der Waals surface area (Å²) in [4.78, 5) is 9.33. The Hall–Kier alpha value is -3.42. The lowest BCUT2D eigenvalue weighted by molar-refractivity contribution is 0.530. The summed E-state index contributed by atoms with van der Waals surface area (Å²) in [6, 6.07) is 12.5. The molecule has 1 N–H and O–H groups in total. The molecule has 32 heavy (non-hydrogen) atoms. The summed E-state index contributed by atoms with van der Waals surface area (Å²) in [6.45, 7) is 5.36. The zero-order chi connectivity index (χ0) is 22.2. The van der Waals surface area contributed by atoms with Crippen LogP contribution in [0.4, 0.5) is 0 Å². The summed E-state index contributed by atoms with van der Waals surface area (Å²) in [5.74, 6) is 2.58. The predicted octanol–water partition coefficient (Wildman–Crippen LogP) is 4.64. The highest BCUT2D eigenvalue weighted by atomic mass is 15.5. The molecule has 8 heteroatoms. The molecule has 0 atom stereocenters. The van der Waals surface area contributed by atoms with Gasteiger partial charge in [0.2, 0.25) is 0 Å². The second-order valence-corrected chi connectivity index (χ2v) is 8.00. The molecule has 166 valence electrons. The fourth-order valence-corrected chi connectivity index (χ4v) is 3.76. The van der Waals surface area contributed by atoms with E-state index in [0.717, 1.165) is 67.1 Å². The van der Waals surface area contributed by atoms with Crippen molar-refractivity contribution in [3.63, 3.8) is 0 Å². The third kappa shape index (κ3) is 5.25. The van der Waals surface area contributed by atoms with Crippen molar-refractivity contribution in [1.82, 2.24) is 40.4 Å². The second kappa shape index (κ2) is 10.7. The summed E-state index contributed by atoms with van der Waals surface area (Å²) >= 11 is 0. The van der Waals surface area contributed by atoms with Gasteiger partial charge in [-0.05, 0) is 40.5 Å². The molecule has 4 aromatic rings. The number of nitrogens with zero attached hydrogens (tertiary/aromatic N) is 7. The first-order valence-corrected chi connectivity index (χ1v) is 11.5. The van der Waals surface area contributed by atoms with Crippen LogP contribution in [0.1, 0.15) is 63.2 Å². The Kier molecular flexibility index (Phi) is 7.32. The van der Waals surface area contributed by atoms with E-state index in [2.05, 4.69) is 68.4 Å². The Morgan fingerprint density at radius 1 is 0.969 bits per heavy atom. The Bertz CT molecular complexity index is 1100. The third-order valence-corrected chi connectivity index (χ3v) is 5.52. The molecule has 1 aromatic carbocycles. The molecule has 3 aromatic heterocycles. The van der Waals surface area contributed by atoms with Crippen LogP contribution in [-0.2, 0) is 19.4 Å². The topological polar surface area (TPSA) is 98.1 Å². The van der Waals surface area contributed by atoms with Gasteiger partial charge in [0.05, 0.1) is 0 Å². The smallest absolute Gasteiger partial charge is 0.198 e. The van der Waals surface area contributed by atoms with Gasteiger partial charge in [-0.25, -0.2) is 14.8 Å². The average Bonchev–Trinajstić information content (AvgIpc) is 3.49. The number of hydrogen-bond acceptors (Lipinski definition) is 6. The molecule has 0 spiro atoms. The van der Waals surface area contributed by atoms with Crippen molar-refractivity contribution in [2.24, 2.45) is 0 Å². The largest absolute Gasteiger partial charge is 0.252 e. The summed E-state index contributed by atoms with van der Waals surface area (Å²) in [6.07, 6.45) is 9.31. The van der Waals surface area contributed by atoms with Crippen LogP contribution in [-0.4, -0.2) is 40.4 Å². The van der Waals surface area contributed by atoms with Gasteiger partial charge in [-0.2, -0.15) is 5.10 Å². The first kappa shape index (κ1) is 21.8. The SMILES string of the molecule is CCCCCn1nc(CCCC)nc1Cc1ccc(-c2cccnc2-c2nnn[nH]2)cc1. The number of nitrogens with one attached hydrogen (secondary N) is 1. The zero-order valence-electron chi connectivity index (χ0n) is 18.8. The van der Waals surface area contributed by atoms with Gasteiger partial charge >= 0.3 is 0 Å².